The molecule has 1 unspecified atom stereocenters. The van der Waals surface area contributed by atoms with Gasteiger partial charge in [0.2, 0.25) is 0 Å². The van der Waals surface area contributed by atoms with Gasteiger partial charge in [0.1, 0.15) is 13.2 Å². The fraction of sp³-hybridized carbons (Fsp3) is 0.944. The van der Waals surface area contributed by atoms with E-state index in [1.165, 1.54) is 186 Å². The molecule has 0 aromatic carbocycles. The molecule has 0 amide bonds. The predicted octanol–water partition coefficient (Wildman–Crippen LogP) is 17.3. The Labute approximate surface area is 374 Å². The van der Waals surface area contributed by atoms with E-state index in [9.17, 15) is 14.4 Å². The lowest BCUT2D eigenvalue weighted by molar-refractivity contribution is -0.167. The third kappa shape index (κ3) is 45.9. The van der Waals surface area contributed by atoms with Gasteiger partial charge >= 0.3 is 17.9 Å². The second-order valence-corrected chi connectivity index (χ2v) is 19.2. The molecule has 0 heterocycles. The third-order valence-electron chi connectivity index (χ3n) is 12.6. The van der Waals surface area contributed by atoms with E-state index in [-0.39, 0.29) is 31.1 Å². The van der Waals surface area contributed by atoms with Crippen molar-refractivity contribution in [2.75, 3.05) is 13.2 Å². The molecule has 0 aliphatic heterocycles. The van der Waals surface area contributed by atoms with Gasteiger partial charge in [0.05, 0.1) is 0 Å². The van der Waals surface area contributed by atoms with E-state index in [1.807, 2.05) is 0 Å². The van der Waals surface area contributed by atoms with Crippen molar-refractivity contribution < 1.29 is 28.6 Å². The number of ether oxygens (including phenoxy) is 3. The normalized spacial score (nSPS) is 12.5. The molecule has 0 saturated carbocycles. The van der Waals surface area contributed by atoms with Crippen molar-refractivity contribution in [3.8, 4) is 0 Å². The molecule has 0 aliphatic carbocycles. The molecule has 0 bridgehead atoms. The summed E-state index contributed by atoms with van der Waals surface area (Å²) >= 11 is 0. The minimum absolute atomic E-state index is 0.0641. The number of carbonyl (C=O) groups excluding carboxylic acids is 3. The zero-order chi connectivity index (χ0) is 44.0. The number of esters is 3. The number of hydrogen-bond donors (Lipinski definition) is 0. The zero-order valence-electron chi connectivity index (χ0n) is 41.1. The summed E-state index contributed by atoms with van der Waals surface area (Å²) in [5.74, 6) is 0.875. The Morgan fingerprint density at radius 2 is 0.633 bits per heavy atom. The van der Waals surface area contributed by atoms with E-state index < -0.39 is 6.10 Å². The number of hydrogen-bond acceptors (Lipinski definition) is 6. The van der Waals surface area contributed by atoms with Gasteiger partial charge in [-0.2, -0.15) is 0 Å². The lowest BCUT2D eigenvalue weighted by atomic mass is 9.99. The maximum Gasteiger partial charge on any atom is 0.306 e. The molecule has 60 heavy (non-hydrogen) atoms. The minimum atomic E-state index is -0.760. The zero-order valence-corrected chi connectivity index (χ0v) is 41.1. The van der Waals surface area contributed by atoms with Crippen LogP contribution in [-0.4, -0.2) is 37.2 Å². The summed E-state index contributed by atoms with van der Waals surface area (Å²) in [6.07, 6.45) is 48.2. The van der Waals surface area contributed by atoms with Gasteiger partial charge in [0, 0.05) is 19.3 Å². The van der Waals surface area contributed by atoms with Crippen LogP contribution in [0.3, 0.4) is 0 Å². The number of unbranched alkanes of at least 4 members (excludes halogenated alkanes) is 32. The van der Waals surface area contributed by atoms with Crippen LogP contribution < -0.4 is 0 Å². The maximum absolute atomic E-state index is 12.8. The summed E-state index contributed by atoms with van der Waals surface area (Å²) in [5.41, 5.74) is 0. The van der Waals surface area contributed by atoms with E-state index in [0.29, 0.717) is 19.3 Å². The van der Waals surface area contributed by atoms with Gasteiger partial charge in [0.25, 0.3) is 0 Å². The van der Waals surface area contributed by atoms with Crippen LogP contribution in [0, 0.1) is 11.8 Å². The van der Waals surface area contributed by atoms with Gasteiger partial charge in [-0.3, -0.25) is 14.4 Å². The molecule has 0 radical (unpaired) electrons. The first kappa shape index (κ1) is 58.4. The summed E-state index contributed by atoms with van der Waals surface area (Å²) < 4.78 is 16.8. The Kier molecular flexibility index (Phi) is 45.7. The van der Waals surface area contributed by atoms with Gasteiger partial charge in [-0.1, -0.05) is 259 Å². The highest BCUT2D eigenvalue weighted by Crippen LogP contribution is 2.18. The van der Waals surface area contributed by atoms with E-state index in [0.717, 1.165) is 69.6 Å². The molecule has 6 heteroatoms. The quantitative estimate of drug-likeness (QED) is 0.0345. The second-order valence-electron chi connectivity index (χ2n) is 19.2. The van der Waals surface area contributed by atoms with Crippen molar-refractivity contribution in [1.29, 1.82) is 0 Å². The Bertz CT molecular complexity index is 918. The van der Waals surface area contributed by atoms with E-state index in [1.54, 1.807) is 0 Å². The lowest BCUT2D eigenvalue weighted by Gasteiger charge is -2.18. The van der Waals surface area contributed by atoms with Gasteiger partial charge in [0.15, 0.2) is 6.10 Å². The minimum Gasteiger partial charge on any atom is -0.462 e. The van der Waals surface area contributed by atoms with Gasteiger partial charge in [-0.05, 0) is 31.1 Å². The van der Waals surface area contributed by atoms with Crippen molar-refractivity contribution in [2.45, 2.75) is 304 Å². The summed E-state index contributed by atoms with van der Waals surface area (Å²) in [5, 5.41) is 0. The molecule has 0 aromatic heterocycles. The number of carbonyl (C=O) groups is 3. The summed E-state index contributed by atoms with van der Waals surface area (Å²) in [4.78, 5) is 37.8. The van der Waals surface area contributed by atoms with E-state index in [2.05, 4.69) is 34.6 Å². The SMILES string of the molecule is CCCCCCCCCC(=O)OC[C@@H](COC(=O)CCCCCCCCCCCCC(C)CC)OC(=O)CCCCCCCCCCCCCCCCCCCCC(C)C. The van der Waals surface area contributed by atoms with Crippen molar-refractivity contribution in [2.24, 2.45) is 11.8 Å². The molecular formula is C54H104O6. The second kappa shape index (κ2) is 46.9. The Morgan fingerprint density at radius 3 is 0.950 bits per heavy atom. The highest BCUT2D eigenvalue weighted by molar-refractivity contribution is 5.71. The fourth-order valence-electron chi connectivity index (χ4n) is 8.13. The topological polar surface area (TPSA) is 78.9 Å². The summed E-state index contributed by atoms with van der Waals surface area (Å²) in [7, 11) is 0. The average Bonchev–Trinajstić information content (AvgIpc) is 3.23. The highest BCUT2D eigenvalue weighted by atomic mass is 16.6. The summed E-state index contributed by atoms with van der Waals surface area (Å²) in [6, 6.07) is 0. The standard InChI is InChI=1S/C54H104O6/c1-6-8-9-10-27-34-39-44-52(55)58-47-51(48-59-53(56)45-40-35-30-25-22-21-24-29-33-38-43-50(5)7-2)60-54(57)46-41-36-31-26-20-18-16-14-12-11-13-15-17-19-23-28-32-37-42-49(3)4/h49-51H,6-48H2,1-5H3/t50?,51-/m0/s1. The largest absolute Gasteiger partial charge is 0.462 e. The van der Waals surface area contributed by atoms with Crippen LogP contribution in [0.5, 0.6) is 0 Å². The lowest BCUT2D eigenvalue weighted by Crippen LogP contribution is -2.30. The van der Waals surface area contributed by atoms with Crippen molar-refractivity contribution in [3.63, 3.8) is 0 Å². The number of rotatable bonds is 48. The maximum atomic E-state index is 12.8. The van der Waals surface area contributed by atoms with E-state index >= 15 is 0 Å². The van der Waals surface area contributed by atoms with Crippen LogP contribution in [0.25, 0.3) is 0 Å². The molecule has 0 saturated heterocycles. The first-order valence-corrected chi connectivity index (χ1v) is 26.8. The van der Waals surface area contributed by atoms with Crippen LogP contribution in [-0.2, 0) is 28.6 Å². The Hall–Kier alpha value is -1.59. The summed E-state index contributed by atoms with van der Waals surface area (Å²) in [6.45, 7) is 11.4. The van der Waals surface area contributed by atoms with E-state index in [4.69, 9.17) is 14.2 Å². The average molecular weight is 849 g/mol. The molecular weight excluding hydrogens is 745 g/mol. The van der Waals surface area contributed by atoms with Crippen LogP contribution in [0.1, 0.15) is 298 Å². The monoisotopic (exact) mass is 849 g/mol. The molecule has 6 nitrogen and oxygen atoms in total. The molecule has 0 aliphatic rings. The molecule has 0 spiro atoms. The Balaban J connectivity index is 4.16. The van der Waals surface area contributed by atoms with Crippen LogP contribution in [0.2, 0.25) is 0 Å². The first-order chi connectivity index (χ1) is 29.3. The van der Waals surface area contributed by atoms with Crippen LogP contribution >= 0.6 is 0 Å². The van der Waals surface area contributed by atoms with Gasteiger partial charge < -0.3 is 14.2 Å². The third-order valence-corrected chi connectivity index (χ3v) is 12.6. The van der Waals surface area contributed by atoms with Crippen molar-refractivity contribution in [3.05, 3.63) is 0 Å². The van der Waals surface area contributed by atoms with Gasteiger partial charge in [-0.25, -0.2) is 0 Å². The highest BCUT2D eigenvalue weighted by Gasteiger charge is 2.19. The molecule has 0 fully saturated rings. The molecule has 0 N–H and O–H groups in total. The Morgan fingerprint density at radius 1 is 0.350 bits per heavy atom. The smallest absolute Gasteiger partial charge is 0.306 e. The van der Waals surface area contributed by atoms with Crippen molar-refractivity contribution >= 4 is 17.9 Å². The van der Waals surface area contributed by atoms with Crippen LogP contribution in [0.15, 0.2) is 0 Å². The van der Waals surface area contributed by atoms with Gasteiger partial charge in [-0.15, -0.1) is 0 Å². The molecule has 0 aromatic rings. The van der Waals surface area contributed by atoms with Crippen molar-refractivity contribution in [1.82, 2.24) is 0 Å². The predicted molar refractivity (Wildman–Crippen MR) is 256 cm³/mol. The fourth-order valence-corrected chi connectivity index (χ4v) is 8.13. The molecule has 356 valence electrons. The van der Waals surface area contributed by atoms with Crippen LogP contribution in [0.4, 0.5) is 0 Å². The first-order valence-electron chi connectivity index (χ1n) is 26.8. The molecule has 0 rings (SSSR count). The molecule has 2 atom stereocenters.